The molecule has 0 bridgehead atoms. The molecule has 0 aliphatic carbocycles. The van der Waals surface area contributed by atoms with Crippen molar-refractivity contribution in [2.45, 2.75) is 39.3 Å². The summed E-state index contributed by atoms with van der Waals surface area (Å²) in [6, 6.07) is -0.515. The second-order valence-corrected chi connectivity index (χ2v) is 5.21. The predicted octanol–water partition coefficient (Wildman–Crippen LogP) is 2.29. The van der Waals surface area contributed by atoms with Crippen molar-refractivity contribution in [3.63, 3.8) is 0 Å². The topological polar surface area (TPSA) is 62.2 Å². The van der Waals surface area contributed by atoms with E-state index in [1.165, 1.54) is 11.3 Å². The molecule has 0 radical (unpaired) electrons. The molecule has 1 rings (SSSR count). The molecule has 0 spiro atoms. The van der Waals surface area contributed by atoms with Gasteiger partial charge in [-0.2, -0.15) is 0 Å². The predicted molar refractivity (Wildman–Crippen MR) is 64.5 cm³/mol. The van der Waals surface area contributed by atoms with Gasteiger partial charge in [-0.25, -0.2) is 4.98 Å². The minimum Gasteiger partial charge on any atom is -0.480 e. The van der Waals surface area contributed by atoms with Gasteiger partial charge in [-0.1, -0.05) is 13.8 Å². The smallest absolute Gasteiger partial charge is 0.320 e. The molecule has 0 fully saturated rings. The maximum atomic E-state index is 11.1. The van der Waals surface area contributed by atoms with Crippen molar-refractivity contribution in [2.75, 3.05) is 0 Å². The molecular weight excluding hydrogens is 224 g/mol. The first kappa shape index (κ1) is 13.1. The first-order valence-corrected chi connectivity index (χ1v) is 6.27. The van der Waals surface area contributed by atoms with Crippen LogP contribution in [0.5, 0.6) is 0 Å². The lowest BCUT2D eigenvalue weighted by Crippen LogP contribution is -2.39. The first-order chi connectivity index (χ1) is 7.50. The highest BCUT2D eigenvalue weighted by Crippen LogP contribution is 2.17. The summed E-state index contributed by atoms with van der Waals surface area (Å²) in [6.07, 6.45) is 2.36. The average molecular weight is 242 g/mol. The van der Waals surface area contributed by atoms with Crippen LogP contribution in [0.25, 0.3) is 0 Å². The van der Waals surface area contributed by atoms with Crippen LogP contribution in [0.3, 0.4) is 0 Å². The van der Waals surface area contributed by atoms with Crippen molar-refractivity contribution < 1.29 is 9.90 Å². The maximum Gasteiger partial charge on any atom is 0.320 e. The van der Waals surface area contributed by atoms with Gasteiger partial charge in [-0.3, -0.25) is 10.1 Å². The van der Waals surface area contributed by atoms with Crippen LogP contribution in [0.4, 0.5) is 0 Å². The number of thiazole rings is 1. The van der Waals surface area contributed by atoms with E-state index in [-0.39, 0.29) is 6.04 Å². The van der Waals surface area contributed by atoms with Gasteiger partial charge in [-0.05, 0) is 19.3 Å². The molecule has 2 atom stereocenters. The number of aromatic nitrogens is 1. The van der Waals surface area contributed by atoms with Gasteiger partial charge < -0.3 is 5.11 Å². The number of aliphatic carboxylic acids is 1. The zero-order valence-corrected chi connectivity index (χ0v) is 10.6. The monoisotopic (exact) mass is 242 g/mol. The second-order valence-electron chi connectivity index (χ2n) is 4.28. The standard InChI is InChI=1S/C11H18N2O2S/c1-7(2)6-9(11(14)15)13-8(3)10-12-4-5-16-10/h4-5,7-9,13H,6H2,1-3H3,(H,14,15). The highest BCUT2D eigenvalue weighted by atomic mass is 32.1. The molecule has 2 N–H and O–H groups in total. The normalized spacial score (nSPS) is 15.0. The zero-order chi connectivity index (χ0) is 12.1. The number of hydrogen-bond acceptors (Lipinski definition) is 4. The number of carbonyl (C=O) groups is 1. The Morgan fingerprint density at radius 2 is 2.25 bits per heavy atom. The van der Waals surface area contributed by atoms with E-state index < -0.39 is 12.0 Å². The Hall–Kier alpha value is -0.940. The molecule has 0 saturated carbocycles. The van der Waals surface area contributed by atoms with Gasteiger partial charge in [-0.15, -0.1) is 11.3 Å². The van der Waals surface area contributed by atoms with Crippen molar-refractivity contribution >= 4 is 17.3 Å². The highest BCUT2D eigenvalue weighted by Gasteiger charge is 2.21. The molecule has 1 heterocycles. The van der Waals surface area contributed by atoms with E-state index >= 15 is 0 Å². The van der Waals surface area contributed by atoms with Crippen molar-refractivity contribution in [1.82, 2.24) is 10.3 Å². The molecule has 0 aliphatic rings. The van der Waals surface area contributed by atoms with Gasteiger partial charge in [0.15, 0.2) is 0 Å². The van der Waals surface area contributed by atoms with Gasteiger partial charge >= 0.3 is 5.97 Å². The van der Waals surface area contributed by atoms with Crippen molar-refractivity contribution in [1.29, 1.82) is 0 Å². The van der Waals surface area contributed by atoms with Crippen molar-refractivity contribution in [2.24, 2.45) is 5.92 Å². The molecule has 1 aromatic rings. The lowest BCUT2D eigenvalue weighted by Gasteiger charge is -2.20. The zero-order valence-electron chi connectivity index (χ0n) is 9.80. The molecule has 4 nitrogen and oxygen atoms in total. The number of hydrogen-bond donors (Lipinski definition) is 2. The summed E-state index contributed by atoms with van der Waals surface area (Å²) in [4.78, 5) is 15.2. The molecule has 0 aromatic carbocycles. The third-order valence-electron chi connectivity index (χ3n) is 2.28. The molecular formula is C11H18N2O2S. The Kier molecular flexibility index (Phi) is 4.89. The number of rotatable bonds is 6. The lowest BCUT2D eigenvalue weighted by molar-refractivity contribution is -0.140. The average Bonchev–Trinajstić information content (AvgIpc) is 2.68. The largest absolute Gasteiger partial charge is 0.480 e. The van der Waals surface area contributed by atoms with E-state index in [0.29, 0.717) is 12.3 Å². The van der Waals surface area contributed by atoms with Crippen LogP contribution >= 0.6 is 11.3 Å². The first-order valence-electron chi connectivity index (χ1n) is 5.39. The Bertz CT molecular complexity index is 325. The van der Waals surface area contributed by atoms with Gasteiger partial charge in [0, 0.05) is 11.6 Å². The number of nitrogens with zero attached hydrogens (tertiary/aromatic N) is 1. The fourth-order valence-corrected chi connectivity index (χ4v) is 2.19. The molecule has 16 heavy (non-hydrogen) atoms. The Balaban J connectivity index is 2.58. The van der Waals surface area contributed by atoms with Gasteiger partial charge in [0.05, 0.1) is 6.04 Å². The van der Waals surface area contributed by atoms with Crippen LogP contribution in [0.15, 0.2) is 11.6 Å². The van der Waals surface area contributed by atoms with Gasteiger partial charge in [0.2, 0.25) is 0 Å². The number of carboxylic acids is 1. The minimum absolute atomic E-state index is 0.0140. The third kappa shape index (κ3) is 3.90. The van der Waals surface area contributed by atoms with E-state index in [4.69, 9.17) is 5.11 Å². The maximum absolute atomic E-state index is 11.1. The summed E-state index contributed by atoms with van der Waals surface area (Å²) in [7, 11) is 0. The summed E-state index contributed by atoms with van der Waals surface area (Å²) < 4.78 is 0. The Morgan fingerprint density at radius 3 is 2.69 bits per heavy atom. The highest BCUT2D eigenvalue weighted by molar-refractivity contribution is 7.09. The summed E-state index contributed by atoms with van der Waals surface area (Å²) >= 11 is 1.54. The van der Waals surface area contributed by atoms with Crippen LogP contribution in [0.1, 0.15) is 38.2 Å². The summed E-state index contributed by atoms with van der Waals surface area (Å²) in [5.74, 6) is -0.436. The van der Waals surface area contributed by atoms with Gasteiger partial charge in [0.1, 0.15) is 11.0 Å². The molecule has 0 saturated heterocycles. The third-order valence-corrected chi connectivity index (χ3v) is 3.24. The number of carboxylic acid groups (broad SMARTS) is 1. The van der Waals surface area contributed by atoms with Crippen molar-refractivity contribution in [3.8, 4) is 0 Å². The lowest BCUT2D eigenvalue weighted by atomic mass is 10.0. The van der Waals surface area contributed by atoms with E-state index in [9.17, 15) is 4.79 Å². The second kappa shape index (κ2) is 5.96. The fraction of sp³-hybridized carbons (Fsp3) is 0.636. The quantitative estimate of drug-likeness (QED) is 0.803. The number of nitrogens with one attached hydrogen (secondary N) is 1. The molecule has 2 unspecified atom stereocenters. The van der Waals surface area contributed by atoms with E-state index in [1.807, 2.05) is 26.2 Å². The van der Waals surface area contributed by atoms with E-state index in [2.05, 4.69) is 10.3 Å². The van der Waals surface area contributed by atoms with Gasteiger partial charge in [0.25, 0.3) is 0 Å². The molecule has 0 amide bonds. The molecule has 1 aromatic heterocycles. The summed E-state index contributed by atoms with van der Waals surface area (Å²) in [5.41, 5.74) is 0. The van der Waals surface area contributed by atoms with Crippen LogP contribution in [0.2, 0.25) is 0 Å². The molecule has 90 valence electrons. The summed E-state index contributed by atoms with van der Waals surface area (Å²) in [6.45, 7) is 5.98. The van der Waals surface area contributed by atoms with Crippen LogP contribution in [0, 0.1) is 5.92 Å². The molecule has 5 heteroatoms. The van der Waals surface area contributed by atoms with Crippen LogP contribution in [-0.4, -0.2) is 22.1 Å². The fourth-order valence-electron chi connectivity index (χ4n) is 1.53. The van der Waals surface area contributed by atoms with Crippen molar-refractivity contribution in [3.05, 3.63) is 16.6 Å². The van der Waals surface area contributed by atoms with Crippen LogP contribution in [-0.2, 0) is 4.79 Å². The van der Waals surface area contributed by atoms with E-state index in [0.717, 1.165) is 5.01 Å². The van der Waals surface area contributed by atoms with E-state index in [1.54, 1.807) is 6.20 Å². The van der Waals surface area contributed by atoms with Crippen LogP contribution < -0.4 is 5.32 Å². The Morgan fingerprint density at radius 1 is 1.56 bits per heavy atom. The SMILES string of the molecule is CC(C)CC(NC(C)c1nccs1)C(=O)O. The summed E-state index contributed by atoms with van der Waals surface area (Å²) in [5, 5.41) is 15.0. The Labute approximate surface area is 99.7 Å². The molecule has 0 aliphatic heterocycles. The minimum atomic E-state index is -0.794.